The number of aryl methyl sites for hydroxylation is 1. The van der Waals surface area contributed by atoms with Crippen molar-refractivity contribution in [3.63, 3.8) is 0 Å². The quantitative estimate of drug-likeness (QED) is 0.731. The van der Waals surface area contributed by atoms with Crippen molar-refractivity contribution in [1.29, 1.82) is 0 Å². The highest BCUT2D eigenvalue weighted by molar-refractivity contribution is 5.75. The number of rotatable bonds is 4. The topological polar surface area (TPSA) is 35.5 Å². The highest BCUT2D eigenvalue weighted by atomic mass is 16.5. The van der Waals surface area contributed by atoms with Gasteiger partial charge in [0.05, 0.1) is 6.10 Å². The summed E-state index contributed by atoms with van der Waals surface area (Å²) < 4.78 is 11.2. The molecular formula is C13H16O3. The van der Waals surface area contributed by atoms with E-state index in [2.05, 4.69) is 0 Å². The lowest BCUT2D eigenvalue weighted by Gasteiger charge is -2.13. The maximum atomic E-state index is 10.6. The summed E-state index contributed by atoms with van der Waals surface area (Å²) >= 11 is 0. The molecular weight excluding hydrogens is 204 g/mol. The van der Waals surface area contributed by atoms with Gasteiger partial charge in [0.15, 0.2) is 0 Å². The Balaban J connectivity index is 1.95. The van der Waals surface area contributed by atoms with Gasteiger partial charge in [-0.15, -0.1) is 0 Å². The average Bonchev–Trinajstić information content (AvgIpc) is 2.80. The van der Waals surface area contributed by atoms with Crippen LogP contribution in [0.4, 0.5) is 0 Å². The van der Waals surface area contributed by atoms with E-state index in [9.17, 15) is 4.79 Å². The lowest BCUT2D eigenvalue weighted by Crippen LogP contribution is -2.16. The first-order chi connectivity index (χ1) is 7.79. The highest BCUT2D eigenvalue weighted by Crippen LogP contribution is 2.20. The van der Waals surface area contributed by atoms with E-state index in [1.54, 1.807) is 6.07 Å². The molecule has 0 aromatic heterocycles. The highest BCUT2D eigenvalue weighted by Gasteiger charge is 2.16. The predicted octanol–water partition coefficient (Wildman–Crippen LogP) is 2.37. The first kappa shape index (κ1) is 11.1. The van der Waals surface area contributed by atoms with E-state index in [1.165, 1.54) is 0 Å². The van der Waals surface area contributed by atoms with Gasteiger partial charge in [-0.05, 0) is 43.5 Å². The Labute approximate surface area is 95.4 Å². The van der Waals surface area contributed by atoms with Crippen molar-refractivity contribution in [2.45, 2.75) is 25.9 Å². The Morgan fingerprint density at radius 2 is 2.44 bits per heavy atom. The van der Waals surface area contributed by atoms with Crippen LogP contribution in [0.3, 0.4) is 0 Å². The molecule has 0 bridgehead atoms. The van der Waals surface area contributed by atoms with Crippen LogP contribution in [-0.2, 0) is 4.74 Å². The van der Waals surface area contributed by atoms with Crippen molar-refractivity contribution in [1.82, 2.24) is 0 Å². The molecule has 3 nitrogen and oxygen atoms in total. The van der Waals surface area contributed by atoms with Crippen LogP contribution < -0.4 is 4.74 Å². The molecule has 3 heteroatoms. The number of hydrogen-bond acceptors (Lipinski definition) is 3. The molecule has 0 radical (unpaired) electrons. The summed E-state index contributed by atoms with van der Waals surface area (Å²) in [5.41, 5.74) is 1.67. The molecule has 0 spiro atoms. The normalized spacial score (nSPS) is 19.7. The van der Waals surface area contributed by atoms with Gasteiger partial charge in [0.1, 0.15) is 18.6 Å². The van der Waals surface area contributed by atoms with E-state index in [1.807, 2.05) is 19.1 Å². The van der Waals surface area contributed by atoms with E-state index in [-0.39, 0.29) is 6.10 Å². The van der Waals surface area contributed by atoms with Crippen LogP contribution in [-0.4, -0.2) is 25.6 Å². The van der Waals surface area contributed by atoms with Gasteiger partial charge >= 0.3 is 0 Å². The van der Waals surface area contributed by atoms with Gasteiger partial charge in [0.2, 0.25) is 0 Å². The summed E-state index contributed by atoms with van der Waals surface area (Å²) in [6.07, 6.45) is 3.27. The van der Waals surface area contributed by atoms with Gasteiger partial charge in [0, 0.05) is 12.2 Å². The van der Waals surface area contributed by atoms with Crippen LogP contribution in [0.1, 0.15) is 28.8 Å². The molecule has 1 aromatic rings. The molecule has 1 saturated heterocycles. The van der Waals surface area contributed by atoms with Gasteiger partial charge in [-0.3, -0.25) is 4.79 Å². The molecule has 16 heavy (non-hydrogen) atoms. The maximum Gasteiger partial charge on any atom is 0.150 e. The van der Waals surface area contributed by atoms with E-state index < -0.39 is 0 Å². The molecule has 1 unspecified atom stereocenters. The van der Waals surface area contributed by atoms with E-state index in [4.69, 9.17) is 9.47 Å². The van der Waals surface area contributed by atoms with Gasteiger partial charge in [-0.1, -0.05) is 0 Å². The molecule has 86 valence electrons. The van der Waals surface area contributed by atoms with Crippen molar-refractivity contribution in [3.8, 4) is 5.75 Å². The van der Waals surface area contributed by atoms with Crippen molar-refractivity contribution in [2.24, 2.45) is 0 Å². The minimum Gasteiger partial charge on any atom is -0.491 e. The minimum atomic E-state index is 0.227. The largest absolute Gasteiger partial charge is 0.491 e. The zero-order valence-electron chi connectivity index (χ0n) is 9.44. The third-order valence-electron chi connectivity index (χ3n) is 2.78. The number of carbonyl (C=O) groups excluding carboxylic acids is 1. The molecule has 0 aliphatic carbocycles. The fourth-order valence-corrected chi connectivity index (χ4v) is 1.87. The average molecular weight is 220 g/mol. The van der Waals surface area contributed by atoms with Crippen molar-refractivity contribution < 1.29 is 14.3 Å². The SMILES string of the molecule is Cc1cc(C=O)ccc1OCC1CCCO1. The Kier molecular flexibility index (Phi) is 3.57. The van der Waals surface area contributed by atoms with E-state index >= 15 is 0 Å². The van der Waals surface area contributed by atoms with Gasteiger partial charge in [0.25, 0.3) is 0 Å². The summed E-state index contributed by atoms with van der Waals surface area (Å²) in [4.78, 5) is 10.6. The Bertz CT molecular complexity index is 367. The Hall–Kier alpha value is -1.35. The number of ether oxygens (including phenoxy) is 2. The Morgan fingerprint density at radius 1 is 1.56 bits per heavy atom. The molecule has 1 atom stereocenters. The second-order valence-corrected chi connectivity index (χ2v) is 4.09. The smallest absolute Gasteiger partial charge is 0.150 e. The predicted molar refractivity (Wildman–Crippen MR) is 61.0 cm³/mol. The lowest BCUT2D eigenvalue weighted by molar-refractivity contribution is 0.0677. The summed E-state index contributed by atoms with van der Waals surface area (Å²) in [6.45, 7) is 3.39. The molecule has 1 aromatic carbocycles. The second kappa shape index (κ2) is 5.12. The van der Waals surface area contributed by atoms with Gasteiger partial charge in [-0.25, -0.2) is 0 Å². The third kappa shape index (κ3) is 2.61. The number of benzene rings is 1. The monoisotopic (exact) mass is 220 g/mol. The van der Waals surface area contributed by atoms with Crippen LogP contribution in [0.5, 0.6) is 5.75 Å². The van der Waals surface area contributed by atoms with Gasteiger partial charge < -0.3 is 9.47 Å². The minimum absolute atomic E-state index is 0.227. The van der Waals surface area contributed by atoms with Crippen LogP contribution in [0, 0.1) is 6.92 Å². The van der Waals surface area contributed by atoms with Crippen LogP contribution >= 0.6 is 0 Å². The van der Waals surface area contributed by atoms with Crippen molar-refractivity contribution >= 4 is 6.29 Å². The summed E-state index contributed by atoms with van der Waals surface area (Å²) in [5.74, 6) is 0.834. The van der Waals surface area contributed by atoms with Crippen LogP contribution in [0.25, 0.3) is 0 Å². The summed E-state index contributed by atoms with van der Waals surface area (Å²) in [7, 11) is 0. The lowest BCUT2D eigenvalue weighted by atomic mass is 10.1. The Morgan fingerprint density at radius 3 is 3.06 bits per heavy atom. The first-order valence-electron chi connectivity index (χ1n) is 5.60. The molecule has 1 heterocycles. The van der Waals surface area contributed by atoms with E-state index in [0.717, 1.165) is 37.0 Å². The van der Waals surface area contributed by atoms with Crippen LogP contribution in [0.15, 0.2) is 18.2 Å². The van der Waals surface area contributed by atoms with Crippen molar-refractivity contribution in [3.05, 3.63) is 29.3 Å². The summed E-state index contributed by atoms with van der Waals surface area (Å²) in [5, 5.41) is 0. The third-order valence-corrected chi connectivity index (χ3v) is 2.78. The van der Waals surface area contributed by atoms with Gasteiger partial charge in [-0.2, -0.15) is 0 Å². The molecule has 0 N–H and O–H groups in total. The molecule has 1 aliphatic heterocycles. The van der Waals surface area contributed by atoms with Crippen molar-refractivity contribution in [2.75, 3.05) is 13.2 Å². The second-order valence-electron chi connectivity index (χ2n) is 4.09. The summed E-state index contributed by atoms with van der Waals surface area (Å²) in [6, 6.07) is 5.44. The zero-order valence-corrected chi connectivity index (χ0v) is 9.44. The fourth-order valence-electron chi connectivity index (χ4n) is 1.87. The fraction of sp³-hybridized carbons (Fsp3) is 0.462. The number of hydrogen-bond donors (Lipinski definition) is 0. The number of carbonyl (C=O) groups is 1. The first-order valence-corrected chi connectivity index (χ1v) is 5.60. The molecule has 1 aliphatic rings. The molecule has 0 amide bonds. The zero-order chi connectivity index (χ0) is 11.4. The molecule has 0 saturated carbocycles. The molecule has 1 fully saturated rings. The number of aldehydes is 1. The van der Waals surface area contributed by atoms with Crippen LogP contribution in [0.2, 0.25) is 0 Å². The standard InChI is InChI=1S/C13H16O3/c1-10-7-11(8-14)4-5-13(10)16-9-12-3-2-6-15-12/h4-5,7-8,12H,2-3,6,9H2,1H3. The molecule has 2 rings (SSSR count). The van der Waals surface area contributed by atoms with E-state index in [0.29, 0.717) is 12.2 Å². The maximum absolute atomic E-state index is 10.6.